The fourth-order valence-corrected chi connectivity index (χ4v) is 6.13. The Morgan fingerprint density at radius 1 is 1.03 bits per heavy atom. The van der Waals surface area contributed by atoms with Crippen molar-refractivity contribution in [2.75, 3.05) is 39.9 Å². The molecule has 1 N–H and O–H groups in total. The molecule has 8 nitrogen and oxygen atoms in total. The van der Waals surface area contributed by atoms with Crippen LogP contribution in [0.3, 0.4) is 0 Å². The Kier molecular flexibility index (Phi) is 9.10. The Balaban J connectivity index is 1.36. The van der Waals surface area contributed by atoms with Crippen LogP contribution in [0.15, 0.2) is 12.1 Å². The lowest BCUT2D eigenvalue weighted by Crippen LogP contribution is -2.34. The van der Waals surface area contributed by atoms with Gasteiger partial charge in [0.25, 0.3) is 0 Å². The van der Waals surface area contributed by atoms with Gasteiger partial charge in [-0.05, 0) is 50.4 Å². The van der Waals surface area contributed by atoms with Crippen LogP contribution in [-0.2, 0) is 35.6 Å². The molecule has 34 heavy (non-hydrogen) atoms. The van der Waals surface area contributed by atoms with E-state index in [2.05, 4.69) is 55.9 Å². The van der Waals surface area contributed by atoms with E-state index in [1.165, 1.54) is 42.1 Å². The zero-order valence-corrected chi connectivity index (χ0v) is 21.8. The van der Waals surface area contributed by atoms with Crippen LogP contribution in [0, 0.1) is 5.92 Å². The Labute approximate surface area is 207 Å². The molecule has 1 fully saturated rings. The molecule has 0 aromatic carbocycles. The molecule has 0 radical (unpaired) electrons. The molecule has 4 heterocycles. The van der Waals surface area contributed by atoms with Crippen molar-refractivity contribution in [3.63, 3.8) is 0 Å². The zero-order chi connectivity index (χ0) is 23.9. The van der Waals surface area contributed by atoms with Gasteiger partial charge >= 0.3 is 0 Å². The molecule has 1 atom stereocenters. The third-order valence-electron chi connectivity index (χ3n) is 6.70. The minimum Gasteiger partial charge on any atom is -0.375 e. The number of nitrogens with zero attached hydrogens (tertiary/aromatic N) is 5. The van der Waals surface area contributed by atoms with Crippen molar-refractivity contribution in [2.45, 2.75) is 71.6 Å². The lowest BCUT2D eigenvalue weighted by atomic mass is 10.0. The van der Waals surface area contributed by atoms with E-state index in [-0.39, 0.29) is 18.6 Å². The summed E-state index contributed by atoms with van der Waals surface area (Å²) in [7, 11) is 1.54. The predicted octanol–water partition coefficient (Wildman–Crippen LogP) is 3.23. The Morgan fingerprint density at radius 3 is 2.41 bits per heavy atom. The standard InChI is InChI=1S/C25H40N6O2S/c1-19(2)15-22(26-24(32)18-33-3)25-28-27-23-9-12-30(13-14-31(23)25)17-21-8-7-20(34-21)16-29-10-5-4-6-11-29/h7-8,19,22H,4-6,9-18H2,1-3H3,(H,26,32)/t22-/m0/s1. The molecule has 2 aromatic heterocycles. The van der Waals surface area contributed by atoms with Crippen LogP contribution in [0.5, 0.6) is 0 Å². The van der Waals surface area contributed by atoms with Crippen molar-refractivity contribution >= 4 is 17.2 Å². The van der Waals surface area contributed by atoms with Gasteiger partial charge in [0.05, 0.1) is 6.04 Å². The molecule has 2 aliphatic heterocycles. The summed E-state index contributed by atoms with van der Waals surface area (Å²) in [5.74, 6) is 2.21. The zero-order valence-electron chi connectivity index (χ0n) is 21.0. The summed E-state index contributed by atoms with van der Waals surface area (Å²) >= 11 is 1.96. The van der Waals surface area contributed by atoms with Gasteiger partial charge in [0.15, 0.2) is 5.82 Å². The SMILES string of the molecule is COCC(=O)N[C@@H](CC(C)C)c1nnc2n1CCN(Cc1ccc(CN3CCCCC3)s1)CC2. The van der Waals surface area contributed by atoms with Crippen molar-refractivity contribution in [2.24, 2.45) is 5.92 Å². The molecule has 9 heteroatoms. The van der Waals surface area contributed by atoms with Gasteiger partial charge in [-0.15, -0.1) is 21.5 Å². The van der Waals surface area contributed by atoms with Crippen LogP contribution in [0.2, 0.25) is 0 Å². The molecule has 2 aliphatic rings. The number of nitrogens with one attached hydrogen (secondary N) is 1. The van der Waals surface area contributed by atoms with Crippen molar-refractivity contribution < 1.29 is 9.53 Å². The monoisotopic (exact) mass is 488 g/mol. The summed E-state index contributed by atoms with van der Waals surface area (Å²) < 4.78 is 7.24. The molecule has 0 saturated carbocycles. The second kappa shape index (κ2) is 12.2. The smallest absolute Gasteiger partial charge is 0.246 e. The van der Waals surface area contributed by atoms with E-state index in [1.807, 2.05) is 11.3 Å². The number of hydrogen-bond donors (Lipinski definition) is 1. The first-order valence-corrected chi connectivity index (χ1v) is 13.6. The maximum atomic E-state index is 12.2. The second-order valence-corrected chi connectivity index (χ2v) is 11.3. The highest BCUT2D eigenvalue weighted by atomic mass is 32.1. The van der Waals surface area contributed by atoms with E-state index < -0.39 is 0 Å². The third kappa shape index (κ3) is 6.87. The second-order valence-electron chi connectivity index (χ2n) is 10.0. The van der Waals surface area contributed by atoms with E-state index in [1.54, 1.807) is 7.11 Å². The number of methoxy groups -OCH3 is 1. The number of likely N-dealkylation sites (tertiary alicyclic amines) is 1. The normalized spacial score (nSPS) is 18.6. The Bertz CT molecular complexity index is 920. The summed E-state index contributed by atoms with van der Waals surface area (Å²) in [6.45, 7) is 11.7. The van der Waals surface area contributed by atoms with Crippen LogP contribution >= 0.6 is 11.3 Å². The largest absolute Gasteiger partial charge is 0.375 e. The van der Waals surface area contributed by atoms with Gasteiger partial charge in [0, 0.05) is 56.0 Å². The lowest BCUT2D eigenvalue weighted by molar-refractivity contribution is -0.125. The number of aromatic nitrogens is 3. The van der Waals surface area contributed by atoms with Crippen molar-refractivity contribution in [3.05, 3.63) is 33.5 Å². The highest BCUT2D eigenvalue weighted by Gasteiger charge is 2.26. The van der Waals surface area contributed by atoms with Crippen molar-refractivity contribution in [1.82, 2.24) is 29.9 Å². The van der Waals surface area contributed by atoms with Crippen LogP contribution in [0.4, 0.5) is 0 Å². The fourth-order valence-electron chi connectivity index (χ4n) is 5.02. The van der Waals surface area contributed by atoms with Crippen LogP contribution < -0.4 is 5.32 Å². The highest BCUT2D eigenvalue weighted by molar-refractivity contribution is 7.11. The Hall–Kier alpha value is -1.81. The van der Waals surface area contributed by atoms with E-state index in [4.69, 9.17) is 4.74 Å². The van der Waals surface area contributed by atoms with Gasteiger partial charge in [0.2, 0.25) is 5.91 Å². The summed E-state index contributed by atoms with van der Waals surface area (Å²) in [4.78, 5) is 20.3. The summed E-state index contributed by atoms with van der Waals surface area (Å²) in [5, 5.41) is 12.1. The molecule has 1 amide bonds. The number of hydrogen-bond acceptors (Lipinski definition) is 7. The number of rotatable bonds is 10. The van der Waals surface area contributed by atoms with E-state index in [0.29, 0.717) is 5.92 Å². The number of ether oxygens (including phenoxy) is 1. The molecular formula is C25H40N6O2S. The quantitative estimate of drug-likeness (QED) is 0.553. The van der Waals surface area contributed by atoms with Crippen molar-refractivity contribution in [1.29, 1.82) is 0 Å². The maximum absolute atomic E-state index is 12.2. The van der Waals surface area contributed by atoms with E-state index in [9.17, 15) is 4.79 Å². The van der Waals surface area contributed by atoms with Gasteiger partial charge in [-0.25, -0.2) is 0 Å². The molecule has 0 unspecified atom stereocenters. The lowest BCUT2D eigenvalue weighted by Gasteiger charge is -2.25. The van der Waals surface area contributed by atoms with Gasteiger partial charge in [-0.2, -0.15) is 0 Å². The van der Waals surface area contributed by atoms with Gasteiger partial charge in [-0.1, -0.05) is 20.3 Å². The van der Waals surface area contributed by atoms with Crippen molar-refractivity contribution in [3.8, 4) is 0 Å². The average Bonchev–Trinajstić information content (AvgIpc) is 3.37. The average molecular weight is 489 g/mol. The number of fused-ring (bicyclic) bond motifs is 1. The Morgan fingerprint density at radius 2 is 1.74 bits per heavy atom. The number of piperidine rings is 1. The van der Waals surface area contributed by atoms with Crippen LogP contribution in [0.25, 0.3) is 0 Å². The topological polar surface area (TPSA) is 75.5 Å². The molecular weight excluding hydrogens is 448 g/mol. The summed E-state index contributed by atoms with van der Waals surface area (Å²) in [6.07, 6.45) is 5.76. The molecule has 0 spiro atoms. The first-order chi connectivity index (χ1) is 16.5. The van der Waals surface area contributed by atoms with Crippen LogP contribution in [0.1, 0.15) is 67.0 Å². The number of amides is 1. The van der Waals surface area contributed by atoms with E-state index >= 15 is 0 Å². The minimum atomic E-state index is -0.148. The number of carbonyl (C=O) groups excluding carboxylic acids is 1. The van der Waals surface area contributed by atoms with Gasteiger partial charge in [0.1, 0.15) is 12.4 Å². The van der Waals surface area contributed by atoms with Gasteiger partial charge < -0.3 is 14.6 Å². The summed E-state index contributed by atoms with van der Waals surface area (Å²) in [6, 6.07) is 4.48. The van der Waals surface area contributed by atoms with Crippen LogP contribution in [-0.4, -0.2) is 70.4 Å². The first-order valence-electron chi connectivity index (χ1n) is 12.7. The minimum absolute atomic E-state index is 0.0595. The molecule has 0 aliphatic carbocycles. The molecule has 4 rings (SSSR count). The molecule has 0 bridgehead atoms. The highest BCUT2D eigenvalue weighted by Crippen LogP contribution is 2.25. The fraction of sp³-hybridized carbons (Fsp3) is 0.720. The van der Waals surface area contributed by atoms with Gasteiger partial charge in [-0.3, -0.25) is 14.6 Å². The maximum Gasteiger partial charge on any atom is 0.246 e. The predicted molar refractivity (Wildman–Crippen MR) is 135 cm³/mol. The molecule has 2 aromatic rings. The molecule has 1 saturated heterocycles. The molecule has 188 valence electrons. The first kappa shape index (κ1) is 25.3. The number of thiophene rings is 1. The summed E-state index contributed by atoms with van der Waals surface area (Å²) in [5.41, 5.74) is 0. The number of carbonyl (C=O) groups is 1. The van der Waals surface area contributed by atoms with E-state index in [0.717, 1.165) is 57.2 Å². The third-order valence-corrected chi connectivity index (χ3v) is 7.76.